The number of hydrogen-bond acceptors (Lipinski definition) is 5. The van der Waals surface area contributed by atoms with E-state index in [4.69, 9.17) is 9.84 Å². The fraction of sp³-hybridized carbons (Fsp3) is 0.562. The SMILES string of the molecule is CCOc1ccc(S(=O)(=O)N(CC)CC)cc1NC(=O)N[C@H](C)CO. The van der Waals surface area contributed by atoms with Crippen molar-refractivity contribution in [3.05, 3.63) is 18.2 Å². The molecule has 0 aliphatic carbocycles. The van der Waals surface area contributed by atoms with Crippen LogP contribution in [0.5, 0.6) is 5.75 Å². The molecule has 25 heavy (non-hydrogen) atoms. The quantitative estimate of drug-likeness (QED) is 0.610. The Bertz CT molecular complexity index is 674. The number of aliphatic hydroxyl groups is 1. The molecule has 3 N–H and O–H groups in total. The molecule has 0 aliphatic heterocycles. The second-order valence-electron chi connectivity index (χ2n) is 5.36. The lowest BCUT2D eigenvalue weighted by Gasteiger charge is -2.20. The number of carbonyl (C=O) groups excluding carboxylic acids is 1. The number of hydrogen-bond donors (Lipinski definition) is 3. The lowest BCUT2D eigenvalue weighted by atomic mass is 10.3. The van der Waals surface area contributed by atoms with Gasteiger partial charge < -0.3 is 20.5 Å². The average molecular weight is 373 g/mol. The van der Waals surface area contributed by atoms with E-state index in [1.165, 1.54) is 22.5 Å². The molecular formula is C16H27N3O5S. The summed E-state index contributed by atoms with van der Waals surface area (Å²) in [6.45, 7) is 7.82. The zero-order chi connectivity index (χ0) is 19.0. The molecule has 1 aromatic rings. The Morgan fingerprint density at radius 3 is 2.44 bits per heavy atom. The number of rotatable bonds is 9. The summed E-state index contributed by atoms with van der Waals surface area (Å²) in [6.07, 6.45) is 0. The van der Waals surface area contributed by atoms with Gasteiger partial charge in [0.05, 0.1) is 29.8 Å². The number of urea groups is 1. The molecule has 0 unspecified atom stereocenters. The van der Waals surface area contributed by atoms with Crippen LogP contribution in [0.15, 0.2) is 23.1 Å². The van der Waals surface area contributed by atoms with E-state index in [2.05, 4.69) is 10.6 Å². The van der Waals surface area contributed by atoms with Gasteiger partial charge in [0.1, 0.15) is 5.75 Å². The zero-order valence-electron chi connectivity index (χ0n) is 15.1. The summed E-state index contributed by atoms with van der Waals surface area (Å²) in [5, 5.41) is 14.1. The van der Waals surface area contributed by atoms with Crippen LogP contribution in [0.3, 0.4) is 0 Å². The molecule has 1 aromatic carbocycles. The van der Waals surface area contributed by atoms with Gasteiger partial charge in [0.15, 0.2) is 0 Å². The van der Waals surface area contributed by atoms with E-state index in [1.54, 1.807) is 27.7 Å². The van der Waals surface area contributed by atoms with E-state index in [0.29, 0.717) is 25.4 Å². The first-order valence-corrected chi connectivity index (χ1v) is 9.69. The lowest BCUT2D eigenvalue weighted by molar-refractivity contribution is 0.229. The van der Waals surface area contributed by atoms with Gasteiger partial charge in [-0.2, -0.15) is 4.31 Å². The number of amides is 2. The minimum atomic E-state index is -3.65. The highest BCUT2D eigenvalue weighted by Gasteiger charge is 2.23. The predicted molar refractivity (Wildman–Crippen MR) is 96.4 cm³/mol. The maximum absolute atomic E-state index is 12.6. The van der Waals surface area contributed by atoms with Gasteiger partial charge in [-0.25, -0.2) is 13.2 Å². The fourth-order valence-electron chi connectivity index (χ4n) is 2.19. The van der Waals surface area contributed by atoms with E-state index in [0.717, 1.165) is 0 Å². The van der Waals surface area contributed by atoms with Crippen molar-refractivity contribution in [1.82, 2.24) is 9.62 Å². The third-order valence-corrected chi connectivity index (χ3v) is 5.54. The highest BCUT2D eigenvalue weighted by atomic mass is 32.2. The van der Waals surface area contributed by atoms with Crippen molar-refractivity contribution in [2.75, 3.05) is 31.6 Å². The number of carbonyl (C=O) groups is 1. The molecule has 142 valence electrons. The van der Waals surface area contributed by atoms with Gasteiger partial charge in [-0.1, -0.05) is 13.8 Å². The van der Waals surface area contributed by atoms with Crippen molar-refractivity contribution in [2.24, 2.45) is 0 Å². The van der Waals surface area contributed by atoms with Crippen LogP contribution in [-0.4, -0.2) is 56.2 Å². The Labute approximate surface area is 149 Å². The number of aliphatic hydroxyl groups excluding tert-OH is 1. The molecule has 9 heteroatoms. The Morgan fingerprint density at radius 2 is 1.92 bits per heavy atom. The van der Waals surface area contributed by atoms with Gasteiger partial charge in [-0.15, -0.1) is 0 Å². The second kappa shape index (κ2) is 9.59. The Morgan fingerprint density at radius 1 is 1.28 bits per heavy atom. The zero-order valence-corrected chi connectivity index (χ0v) is 15.9. The summed E-state index contributed by atoms with van der Waals surface area (Å²) < 4.78 is 32.1. The Hall–Kier alpha value is -1.84. The molecule has 2 amide bonds. The van der Waals surface area contributed by atoms with Crippen LogP contribution in [0, 0.1) is 0 Å². The maximum atomic E-state index is 12.6. The molecule has 0 heterocycles. The van der Waals surface area contributed by atoms with Gasteiger partial charge in [0.25, 0.3) is 0 Å². The number of anilines is 1. The third kappa shape index (κ3) is 5.58. The molecule has 0 fully saturated rings. The van der Waals surface area contributed by atoms with Crippen molar-refractivity contribution in [2.45, 2.75) is 38.6 Å². The topological polar surface area (TPSA) is 108 Å². The van der Waals surface area contributed by atoms with Crippen molar-refractivity contribution in [3.8, 4) is 5.75 Å². The maximum Gasteiger partial charge on any atom is 0.319 e. The number of ether oxygens (including phenoxy) is 1. The second-order valence-corrected chi connectivity index (χ2v) is 7.30. The van der Waals surface area contributed by atoms with Crippen LogP contribution in [0.25, 0.3) is 0 Å². The fourth-order valence-corrected chi connectivity index (χ4v) is 3.67. The monoisotopic (exact) mass is 373 g/mol. The highest BCUT2D eigenvalue weighted by Crippen LogP contribution is 2.29. The summed E-state index contributed by atoms with van der Waals surface area (Å²) in [4.78, 5) is 12.1. The summed E-state index contributed by atoms with van der Waals surface area (Å²) >= 11 is 0. The standard InChI is InChI=1S/C16H27N3O5S/c1-5-19(6-2)25(22,23)13-8-9-15(24-7-3)14(10-13)18-16(21)17-12(4)11-20/h8-10,12,20H,5-7,11H2,1-4H3,(H2,17,18,21)/t12-/m1/s1. The first-order chi connectivity index (χ1) is 11.8. The minimum Gasteiger partial charge on any atom is -0.492 e. The summed E-state index contributed by atoms with van der Waals surface area (Å²) in [6, 6.07) is 3.36. The van der Waals surface area contributed by atoms with Gasteiger partial charge in [-0.05, 0) is 32.0 Å². The molecule has 1 atom stereocenters. The summed E-state index contributed by atoms with van der Waals surface area (Å²) in [5.74, 6) is 0.368. The van der Waals surface area contributed by atoms with Crippen LogP contribution < -0.4 is 15.4 Å². The molecule has 0 bridgehead atoms. The van der Waals surface area contributed by atoms with E-state index >= 15 is 0 Å². The van der Waals surface area contributed by atoms with E-state index in [9.17, 15) is 13.2 Å². The first-order valence-electron chi connectivity index (χ1n) is 8.25. The Kier molecular flexibility index (Phi) is 8.14. The van der Waals surface area contributed by atoms with Gasteiger partial charge in [-0.3, -0.25) is 0 Å². The molecule has 0 aromatic heterocycles. The molecule has 0 saturated carbocycles. The van der Waals surface area contributed by atoms with Crippen LogP contribution in [0.2, 0.25) is 0 Å². The molecule has 0 saturated heterocycles. The number of nitrogens with zero attached hydrogens (tertiary/aromatic N) is 1. The van der Waals surface area contributed by atoms with Crippen molar-refractivity contribution in [3.63, 3.8) is 0 Å². The summed E-state index contributed by atoms with van der Waals surface area (Å²) in [7, 11) is -3.65. The molecule has 0 radical (unpaired) electrons. The van der Waals surface area contributed by atoms with Crippen molar-refractivity contribution >= 4 is 21.7 Å². The van der Waals surface area contributed by atoms with Crippen LogP contribution in [0.1, 0.15) is 27.7 Å². The lowest BCUT2D eigenvalue weighted by Crippen LogP contribution is -2.38. The van der Waals surface area contributed by atoms with Crippen molar-refractivity contribution < 1.29 is 23.1 Å². The predicted octanol–water partition coefficient (Wildman–Crippen LogP) is 1.62. The average Bonchev–Trinajstić information content (AvgIpc) is 2.57. The van der Waals surface area contributed by atoms with Gasteiger partial charge in [0.2, 0.25) is 10.0 Å². The normalized spacial score (nSPS) is 12.7. The van der Waals surface area contributed by atoms with E-state index < -0.39 is 22.1 Å². The number of benzene rings is 1. The minimum absolute atomic E-state index is 0.0742. The molecule has 8 nitrogen and oxygen atoms in total. The van der Waals surface area contributed by atoms with Gasteiger partial charge in [0, 0.05) is 13.1 Å². The highest BCUT2D eigenvalue weighted by molar-refractivity contribution is 7.89. The van der Waals surface area contributed by atoms with Crippen molar-refractivity contribution in [1.29, 1.82) is 0 Å². The first kappa shape index (κ1) is 21.2. The summed E-state index contributed by atoms with van der Waals surface area (Å²) in [5.41, 5.74) is 0.248. The Balaban J connectivity index is 3.19. The van der Waals surface area contributed by atoms with Gasteiger partial charge >= 0.3 is 6.03 Å². The van der Waals surface area contributed by atoms with Crippen LogP contribution >= 0.6 is 0 Å². The molecule has 0 spiro atoms. The van der Waals surface area contributed by atoms with E-state index in [1.807, 2.05) is 0 Å². The van der Waals surface area contributed by atoms with E-state index in [-0.39, 0.29) is 17.2 Å². The molecule has 0 aliphatic rings. The largest absolute Gasteiger partial charge is 0.492 e. The molecule has 1 rings (SSSR count). The number of sulfonamides is 1. The smallest absolute Gasteiger partial charge is 0.319 e. The molecular weight excluding hydrogens is 346 g/mol. The van der Waals surface area contributed by atoms with Crippen LogP contribution in [0.4, 0.5) is 10.5 Å². The third-order valence-electron chi connectivity index (χ3n) is 3.49. The number of nitrogens with one attached hydrogen (secondary N) is 2. The van der Waals surface area contributed by atoms with Crippen LogP contribution in [-0.2, 0) is 10.0 Å².